The topological polar surface area (TPSA) is 35.3 Å². The summed E-state index contributed by atoms with van der Waals surface area (Å²) in [6, 6.07) is 20.6. The van der Waals surface area contributed by atoms with Gasteiger partial charge in [-0.3, -0.25) is 4.90 Å². The molecule has 4 aromatic rings. The fraction of sp³-hybridized carbons (Fsp3) is 0.0385. The van der Waals surface area contributed by atoms with E-state index < -0.39 is 0 Å². The standard InChI is InChI=1S/C26H15N4/c1-28-23(15-27)18-8-6-17(7-9-18)22-14-20-11-10-19-4-2-12-29-16-30-13-3-5-21(22)26(30)24(20)25(19)29/h2-14H,16H2/q+1. The average molecular weight is 383 g/mol. The lowest BCUT2D eigenvalue weighted by Crippen LogP contribution is -2.47. The Morgan fingerprint density at radius 1 is 1.10 bits per heavy atom. The first kappa shape index (κ1) is 16.5. The first-order chi connectivity index (χ1) is 14.8. The number of anilines is 1. The van der Waals surface area contributed by atoms with Crippen LogP contribution in [0.4, 0.5) is 5.69 Å². The Bertz CT molecular complexity index is 1710. The van der Waals surface area contributed by atoms with Crippen LogP contribution in [0.15, 0.2) is 73.1 Å². The molecule has 4 nitrogen and oxygen atoms in total. The quantitative estimate of drug-likeness (QED) is 0.266. The Labute approximate surface area is 172 Å². The van der Waals surface area contributed by atoms with Gasteiger partial charge in [0, 0.05) is 22.9 Å². The molecule has 2 aliphatic rings. The number of hydrogen-bond acceptors (Lipinski definition) is 2. The van der Waals surface area contributed by atoms with Crippen LogP contribution in [0.2, 0.25) is 0 Å². The van der Waals surface area contributed by atoms with E-state index in [2.05, 4.69) is 69.2 Å². The molecule has 0 fully saturated rings. The predicted molar refractivity (Wildman–Crippen MR) is 117 cm³/mol. The monoisotopic (exact) mass is 383 g/mol. The van der Waals surface area contributed by atoms with Crippen LogP contribution in [0.3, 0.4) is 0 Å². The predicted octanol–water partition coefficient (Wildman–Crippen LogP) is 3.20. The van der Waals surface area contributed by atoms with Crippen molar-refractivity contribution in [2.75, 3.05) is 4.90 Å². The minimum atomic E-state index is 0.119. The second-order valence-electron chi connectivity index (χ2n) is 7.53. The summed E-state index contributed by atoms with van der Waals surface area (Å²) in [7, 11) is 0. The molecule has 0 amide bonds. The second kappa shape index (κ2) is 6.04. The van der Waals surface area contributed by atoms with Gasteiger partial charge in [0.05, 0.1) is 23.7 Å². The third kappa shape index (κ3) is 2.16. The van der Waals surface area contributed by atoms with E-state index in [1.807, 2.05) is 30.3 Å². The molecule has 6 rings (SSSR count). The SMILES string of the molecule is [C-]#[N+]C(C#N)=c1ccc(=c2cc3ccc4ccc[n+]5c4c3c3c2=CC=CN3C5)cc1. The van der Waals surface area contributed by atoms with Gasteiger partial charge in [-0.1, -0.05) is 36.4 Å². The third-order valence-corrected chi connectivity index (χ3v) is 5.96. The molecular formula is C26H15N4+. The van der Waals surface area contributed by atoms with E-state index >= 15 is 0 Å². The maximum Gasteiger partial charge on any atom is 0.268 e. The first-order valence-electron chi connectivity index (χ1n) is 9.74. The van der Waals surface area contributed by atoms with Gasteiger partial charge in [0.25, 0.3) is 5.70 Å². The van der Waals surface area contributed by atoms with Gasteiger partial charge in [0.15, 0.2) is 6.20 Å². The molecule has 138 valence electrons. The van der Waals surface area contributed by atoms with E-state index in [-0.39, 0.29) is 5.70 Å². The molecule has 0 radical (unpaired) electrons. The third-order valence-electron chi connectivity index (χ3n) is 5.96. The number of hydrogen-bond donors (Lipinski definition) is 0. The molecule has 3 aromatic carbocycles. The van der Waals surface area contributed by atoms with Crippen LogP contribution in [0.5, 0.6) is 0 Å². The van der Waals surface area contributed by atoms with Gasteiger partial charge in [0.1, 0.15) is 0 Å². The van der Waals surface area contributed by atoms with Crippen LogP contribution in [0, 0.1) is 28.3 Å². The van der Waals surface area contributed by atoms with Gasteiger partial charge in [-0.05, 0) is 45.3 Å². The number of nitriles is 1. The first-order valence-corrected chi connectivity index (χ1v) is 9.74. The molecule has 0 atom stereocenters. The zero-order valence-corrected chi connectivity index (χ0v) is 16.0. The molecule has 0 N–H and O–H groups in total. The molecule has 0 aliphatic carbocycles. The van der Waals surface area contributed by atoms with Gasteiger partial charge in [-0.2, -0.15) is 4.57 Å². The van der Waals surface area contributed by atoms with Crippen LogP contribution in [0.25, 0.3) is 38.3 Å². The van der Waals surface area contributed by atoms with Crippen LogP contribution in [-0.2, 0) is 6.67 Å². The van der Waals surface area contributed by atoms with E-state index in [9.17, 15) is 0 Å². The van der Waals surface area contributed by atoms with Gasteiger partial charge in [-0.25, -0.2) is 10.1 Å². The van der Waals surface area contributed by atoms with E-state index in [0.29, 0.717) is 5.22 Å². The number of rotatable bonds is 0. The van der Waals surface area contributed by atoms with Crippen LogP contribution < -0.4 is 19.9 Å². The fourth-order valence-corrected chi connectivity index (χ4v) is 4.64. The van der Waals surface area contributed by atoms with Crippen molar-refractivity contribution in [2.45, 2.75) is 6.67 Å². The van der Waals surface area contributed by atoms with Gasteiger partial charge in [-0.15, -0.1) is 0 Å². The number of pyridine rings is 1. The summed E-state index contributed by atoms with van der Waals surface area (Å²) < 4.78 is 2.31. The van der Waals surface area contributed by atoms with Crippen molar-refractivity contribution in [3.63, 3.8) is 0 Å². The highest BCUT2D eigenvalue weighted by Gasteiger charge is 2.27. The summed E-state index contributed by atoms with van der Waals surface area (Å²) in [5, 5.41) is 17.0. The van der Waals surface area contributed by atoms with E-state index in [4.69, 9.17) is 11.8 Å². The Morgan fingerprint density at radius 3 is 2.73 bits per heavy atom. The van der Waals surface area contributed by atoms with Crippen molar-refractivity contribution in [3.8, 4) is 6.07 Å². The molecule has 4 heteroatoms. The van der Waals surface area contributed by atoms with Crippen molar-refractivity contribution < 1.29 is 4.57 Å². The Morgan fingerprint density at radius 2 is 1.93 bits per heavy atom. The second-order valence-corrected chi connectivity index (χ2v) is 7.53. The van der Waals surface area contributed by atoms with Crippen molar-refractivity contribution in [2.24, 2.45) is 0 Å². The van der Waals surface area contributed by atoms with Crippen molar-refractivity contribution >= 4 is 39.1 Å². The number of benzene rings is 3. The number of aromatic nitrogens is 1. The lowest BCUT2D eigenvalue weighted by atomic mass is 9.97. The zero-order valence-electron chi connectivity index (χ0n) is 16.0. The van der Waals surface area contributed by atoms with Gasteiger partial charge < -0.3 is 0 Å². The molecule has 0 saturated heterocycles. The summed E-state index contributed by atoms with van der Waals surface area (Å²) >= 11 is 0. The van der Waals surface area contributed by atoms with Crippen molar-refractivity contribution in [1.29, 1.82) is 5.26 Å². The maximum atomic E-state index is 9.14. The summed E-state index contributed by atoms with van der Waals surface area (Å²) in [4.78, 5) is 5.62. The van der Waals surface area contributed by atoms with Gasteiger partial charge in [0.2, 0.25) is 12.2 Å². The molecule has 0 saturated carbocycles. The molecule has 0 spiro atoms. The lowest BCUT2D eigenvalue weighted by Gasteiger charge is -2.26. The molecular weight excluding hydrogens is 368 g/mol. The van der Waals surface area contributed by atoms with Crippen LogP contribution >= 0.6 is 0 Å². The summed E-state index contributed by atoms with van der Waals surface area (Å²) in [5.74, 6) is 0. The van der Waals surface area contributed by atoms with Crippen LogP contribution in [0.1, 0.15) is 0 Å². The summed E-state index contributed by atoms with van der Waals surface area (Å²) in [5.41, 5.74) is 2.64. The highest BCUT2D eigenvalue weighted by molar-refractivity contribution is 6.11. The maximum absolute atomic E-state index is 9.14. The molecule has 3 heterocycles. The molecule has 0 bridgehead atoms. The highest BCUT2D eigenvalue weighted by atomic mass is 15.3. The van der Waals surface area contributed by atoms with Crippen LogP contribution in [-0.4, -0.2) is 0 Å². The minimum absolute atomic E-state index is 0.119. The van der Waals surface area contributed by atoms with E-state index in [1.165, 1.54) is 32.6 Å². The van der Waals surface area contributed by atoms with Gasteiger partial charge >= 0.3 is 0 Å². The normalized spacial score (nSPS) is 13.2. The molecule has 1 aromatic heterocycles. The fourth-order valence-electron chi connectivity index (χ4n) is 4.64. The largest absolute Gasteiger partial charge is 0.291 e. The van der Waals surface area contributed by atoms with E-state index in [0.717, 1.165) is 17.1 Å². The summed E-state index contributed by atoms with van der Waals surface area (Å²) in [6.45, 7) is 7.96. The number of allylic oxidation sites excluding steroid dienone is 1. The zero-order chi connectivity index (χ0) is 20.2. The average Bonchev–Trinajstić information content (AvgIpc) is 2.80. The minimum Gasteiger partial charge on any atom is -0.291 e. The van der Waals surface area contributed by atoms with Crippen molar-refractivity contribution in [1.82, 2.24) is 0 Å². The number of nitrogens with zero attached hydrogens (tertiary/aromatic N) is 4. The van der Waals surface area contributed by atoms with Crippen molar-refractivity contribution in [3.05, 3.63) is 105 Å². The highest BCUT2D eigenvalue weighted by Crippen LogP contribution is 2.33. The Hall–Kier alpha value is -4.41. The molecule has 2 aliphatic heterocycles. The summed E-state index contributed by atoms with van der Waals surface area (Å²) in [6.07, 6.45) is 8.56. The lowest BCUT2D eigenvalue weighted by molar-refractivity contribution is -0.669. The Balaban J connectivity index is 1.83. The molecule has 0 unspecified atom stereocenters. The molecule has 30 heavy (non-hydrogen) atoms. The van der Waals surface area contributed by atoms with E-state index in [1.54, 1.807) is 0 Å². The Kier molecular flexibility index (Phi) is 3.33. The smallest absolute Gasteiger partial charge is 0.268 e.